The van der Waals surface area contributed by atoms with Crippen LogP contribution in [0.2, 0.25) is 0 Å². The summed E-state index contributed by atoms with van der Waals surface area (Å²) in [6.07, 6.45) is 0. The van der Waals surface area contributed by atoms with E-state index in [1.807, 2.05) is 6.07 Å². The third-order valence-electron chi connectivity index (χ3n) is 2.70. The number of Topliss-reactive ketones (excluding diaryl/α,β-unsaturated/α-hetero) is 1. The highest BCUT2D eigenvalue weighted by atomic mass is 32.1. The fraction of sp³-hybridized carbons (Fsp3) is 0.133. The molecule has 0 saturated carbocycles. The normalized spacial score (nSPS) is 9.95. The zero-order valence-corrected chi connectivity index (χ0v) is 11.9. The third kappa shape index (κ3) is 3.52. The number of carbonyl (C=O) groups is 2. The van der Waals surface area contributed by atoms with E-state index in [1.165, 1.54) is 25.1 Å². The van der Waals surface area contributed by atoms with Crippen molar-refractivity contribution in [2.45, 2.75) is 13.5 Å². The molecule has 4 nitrogen and oxygen atoms in total. The van der Waals surface area contributed by atoms with E-state index in [-0.39, 0.29) is 28.4 Å². The minimum atomic E-state index is -0.615. The van der Waals surface area contributed by atoms with Gasteiger partial charge >= 0.3 is 5.97 Å². The van der Waals surface area contributed by atoms with Crippen LogP contribution in [0, 0.1) is 17.1 Å². The van der Waals surface area contributed by atoms with Crippen LogP contribution in [0.3, 0.4) is 0 Å². The second-order valence-corrected chi connectivity index (χ2v) is 5.30. The Balaban J connectivity index is 2.04. The van der Waals surface area contributed by atoms with Crippen LogP contribution in [-0.2, 0) is 11.3 Å². The first-order chi connectivity index (χ1) is 10.0. The average molecular weight is 303 g/mol. The Morgan fingerprint density at radius 2 is 2.00 bits per heavy atom. The zero-order valence-electron chi connectivity index (χ0n) is 11.1. The summed E-state index contributed by atoms with van der Waals surface area (Å²) >= 11 is 1.03. The van der Waals surface area contributed by atoms with Gasteiger partial charge in [-0.05, 0) is 31.2 Å². The van der Waals surface area contributed by atoms with Gasteiger partial charge in [-0.15, -0.1) is 11.3 Å². The predicted octanol–water partition coefficient (Wildman–Crippen LogP) is 3.32. The first-order valence-electron chi connectivity index (χ1n) is 5.97. The quantitative estimate of drug-likeness (QED) is 0.642. The van der Waals surface area contributed by atoms with Crippen molar-refractivity contribution in [3.8, 4) is 6.07 Å². The molecule has 0 amide bonds. The van der Waals surface area contributed by atoms with Crippen LogP contribution in [0.4, 0.5) is 4.39 Å². The monoisotopic (exact) mass is 303 g/mol. The SMILES string of the molecule is CC(=O)c1ccc(C(=O)OCc2ccc(C#N)cc2F)s1. The van der Waals surface area contributed by atoms with E-state index < -0.39 is 11.8 Å². The molecule has 0 N–H and O–H groups in total. The Labute approximate surface area is 124 Å². The van der Waals surface area contributed by atoms with Gasteiger partial charge < -0.3 is 4.74 Å². The molecule has 0 unspecified atom stereocenters. The summed E-state index contributed by atoms with van der Waals surface area (Å²) < 4.78 is 18.6. The molecule has 0 aliphatic carbocycles. The van der Waals surface area contributed by atoms with Crippen molar-refractivity contribution in [2.24, 2.45) is 0 Å². The van der Waals surface area contributed by atoms with E-state index >= 15 is 0 Å². The van der Waals surface area contributed by atoms with E-state index in [4.69, 9.17) is 10.00 Å². The number of hydrogen-bond donors (Lipinski definition) is 0. The third-order valence-corrected chi connectivity index (χ3v) is 3.86. The molecular weight excluding hydrogens is 293 g/mol. The van der Waals surface area contributed by atoms with E-state index in [0.29, 0.717) is 4.88 Å². The van der Waals surface area contributed by atoms with Gasteiger partial charge in [0.2, 0.25) is 0 Å². The molecule has 21 heavy (non-hydrogen) atoms. The van der Waals surface area contributed by atoms with Crippen molar-refractivity contribution >= 4 is 23.1 Å². The van der Waals surface area contributed by atoms with Crippen molar-refractivity contribution in [2.75, 3.05) is 0 Å². The van der Waals surface area contributed by atoms with Gasteiger partial charge in [-0.25, -0.2) is 9.18 Å². The van der Waals surface area contributed by atoms with Gasteiger partial charge in [0.15, 0.2) is 5.78 Å². The summed E-state index contributed by atoms with van der Waals surface area (Å²) in [6.45, 7) is 1.18. The summed E-state index contributed by atoms with van der Waals surface area (Å²) in [6, 6.07) is 8.80. The Morgan fingerprint density at radius 3 is 2.57 bits per heavy atom. The molecule has 0 radical (unpaired) electrons. The van der Waals surface area contributed by atoms with Crippen LogP contribution in [-0.4, -0.2) is 11.8 Å². The molecule has 0 aliphatic heterocycles. The molecule has 0 saturated heterocycles. The Kier molecular flexibility index (Phi) is 4.45. The van der Waals surface area contributed by atoms with Crippen LogP contribution >= 0.6 is 11.3 Å². The number of nitrogens with zero attached hydrogens (tertiary/aromatic N) is 1. The number of carbonyl (C=O) groups excluding carboxylic acids is 2. The van der Waals surface area contributed by atoms with Crippen molar-refractivity contribution in [3.05, 3.63) is 57.0 Å². The van der Waals surface area contributed by atoms with E-state index in [0.717, 1.165) is 17.4 Å². The number of rotatable bonds is 4. The molecule has 0 bridgehead atoms. The lowest BCUT2D eigenvalue weighted by Gasteiger charge is -2.05. The first kappa shape index (κ1) is 14.9. The van der Waals surface area contributed by atoms with Crippen LogP contribution < -0.4 is 0 Å². The Hall–Kier alpha value is -2.52. The summed E-state index contributed by atoms with van der Waals surface area (Å²) in [5.41, 5.74) is 0.387. The molecule has 1 heterocycles. The Bertz CT molecular complexity index is 746. The molecule has 1 aromatic heterocycles. The largest absolute Gasteiger partial charge is 0.457 e. The molecular formula is C15H10FNO3S. The van der Waals surface area contributed by atoms with Crippen molar-refractivity contribution in [1.82, 2.24) is 0 Å². The van der Waals surface area contributed by atoms with Gasteiger partial charge in [-0.1, -0.05) is 6.07 Å². The molecule has 0 spiro atoms. The minimum Gasteiger partial charge on any atom is -0.457 e. The topological polar surface area (TPSA) is 67.2 Å². The number of ketones is 1. The number of benzene rings is 1. The van der Waals surface area contributed by atoms with E-state index in [9.17, 15) is 14.0 Å². The maximum Gasteiger partial charge on any atom is 0.348 e. The average Bonchev–Trinajstić information content (AvgIpc) is 2.95. The maximum atomic E-state index is 13.6. The molecule has 6 heteroatoms. The molecule has 0 fully saturated rings. The second kappa shape index (κ2) is 6.29. The number of hydrogen-bond acceptors (Lipinski definition) is 5. The molecule has 2 aromatic rings. The summed E-state index contributed by atoms with van der Waals surface area (Å²) in [4.78, 5) is 23.7. The Morgan fingerprint density at radius 1 is 1.29 bits per heavy atom. The van der Waals surface area contributed by atoms with Crippen LogP contribution in [0.15, 0.2) is 30.3 Å². The number of ether oxygens (including phenoxy) is 1. The van der Waals surface area contributed by atoms with E-state index in [1.54, 1.807) is 6.07 Å². The van der Waals surface area contributed by atoms with Crippen molar-refractivity contribution in [1.29, 1.82) is 5.26 Å². The molecule has 0 aliphatic rings. The second-order valence-electron chi connectivity index (χ2n) is 4.21. The lowest BCUT2D eigenvalue weighted by molar-refractivity contribution is 0.0474. The number of halogens is 1. The molecule has 106 valence electrons. The lowest BCUT2D eigenvalue weighted by Crippen LogP contribution is -2.04. The van der Waals surface area contributed by atoms with Crippen molar-refractivity contribution < 1.29 is 18.7 Å². The summed E-state index contributed by atoms with van der Waals surface area (Å²) in [7, 11) is 0. The fourth-order valence-electron chi connectivity index (χ4n) is 1.59. The number of esters is 1. The summed E-state index contributed by atoms with van der Waals surface area (Å²) in [5, 5.41) is 8.64. The van der Waals surface area contributed by atoms with Crippen LogP contribution in [0.1, 0.15) is 37.4 Å². The van der Waals surface area contributed by atoms with Gasteiger partial charge in [-0.2, -0.15) is 5.26 Å². The standard InChI is InChI=1S/C15H10FNO3S/c1-9(18)13-4-5-14(21-13)15(19)20-8-11-3-2-10(7-17)6-12(11)16/h2-6H,8H2,1H3. The van der Waals surface area contributed by atoms with Crippen LogP contribution in [0.5, 0.6) is 0 Å². The molecule has 0 atom stereocenters. The number of thiophene rings is 1. The fourth-order valence-corrected chi connectivity index (χ4v) is 2.38. The summed E-state index contributed by atoms with van der Waals surface area (Å²) in [5.74, 6) is -1.34. The van der Waals surface area contributed by atoms with Crippen LogP contribution in [0.25, 0.3) is 0 Å². The van der Waals surface area contributed by atoms with Gasteiger partial charge in [0.25, 0.3) is 0 Å². The zero-order chi connectivity index (χ0) is 15.4. The molecule has 1 aromatic carbocycles. The maximum absolute atomic E-state index is 13.6. The van der Waals surface area contributed by atoms with Crippen molar-refractivity contribution in [3.63, 3.8) is 0 Å². The highest BCUT2D eigenvalue weighted by Gasteiger charge is 2.14. The lowest BCUT2D eigenvalue weighted by atomic mass is 10.1. The first-order valence-corrected chi connectivity index (χ1v) is 6.79. The smallest absolute Gasteiger partial charge is 0.348 e. The highest BCUT2D eigenvalue weighted by Crippen LogP contribution is 2.19. The van der Waals surface area contributed by atoms with Gasteiger partial charge in [0, 0.05) is 5.56 Å². The van der Waals surface area contributed by atoms with Gasteiger partial charge in [0.1, 0.15) is 17.3 Å². The minimum absolute atomic E-state index is 0.128. The highest BCUT2D eigenvalue weighted by molar-refractivity contribution is 7.15. The predicted molar refractivity (Wildman–Crippen MR) is 74.6 cm³/mol. The molecule has 2 rings (SSSR count). The van der Waals surface area contributed by atoms with E-state index in [2.05, 4.69) is 0 Å². The van der Waals surface area contributed by atoms with Gasteiger partial charge in [0.05, 0.1) is 16.5 Å². The van der Waals surface area contributed by atoms with Gasteiger partial charge in [-0.3, -0.25) is 4.79 Å². The number of nitriles is 1.